The van der Waals surface area contributed by atoms with E-state index in [9.17, 15) is 18.0 Å². The largest absolute Gasteiger partial charge is 0.459 e. The topological polar surface area (TPSA) is 64.3 Å². The highest BCUT2D eigenvalue weighted by Crippen LogP contribution is 2.20. The van der Waals surface area contributed by atoms with Gasteiger partial charge in [-0.05, 0) is 18.6 Å². The molecule has 0 aromatic carbocycles. The molecule has 1 aromatic heterocycles. The summed E-state index contributed by atoms with van der Waals surface area (Å²) in [6.07, 6.45) is -2.06. The number of rotatable bonds is 3. The predicted octanol–water partition coefficient (Wildman–Crippen LogP) is 1.87. The number of alkyl halides is 3. The summed E-state index contributed by atoms with van der Waals surface area (Å²) in [5, 5.41) is 3.27. The molecule has 0 bridgehead atoms. The van der Waals surface area contributed by atoms with E-state index >= 15 is 0 Å². The van der Waals surface area contributed by atoms with Gasteiger partial charge in [0.05, 0.1) is 12.8 Å². The maximum atomic E-state index is 12.5. The van der Waals surface area contributed by atoms with E-state index < -0.39 is 12.7 Å². The Bertz CT molecular complexity index is 660. The molecule has 1 unspecified atom stereocenters. The smallest absolute Gasteiger partial charge is 0.401 e. The third-order valence-electron chi connectivity index (χ3n) is 4.82. The minimum atomic E-state index is -4.17. The van der Waals surface area contributed by atoms with E-state index in [-0.39, 0.29) is 35.9 Å². The molecule has 2 aliphatic heterocycles. The number of carbonyl (C=O) groups is 1. The summed E-state index contributed by atoms with van der Waals surface area (Å²) in [6, 6.07) is 3.26. The van der Waals surface area contributed by atoms with E-state index in [0.29, 0.717) is 57.4 Å². The van der Waals surface area contributed by atoms with Crippen LogP contribution in [0.25, 0.3) is 0 Å². The summed E-state index contributed by atoms with van der Waals surface area (Å²) in [4.78, 5) is 21.7. The molecule has 3 rings (SSSR count). The second-order valence-electron chi connectivity index (χ2n) is 6.78. The molecule has 1 N–H and O–H groups in total. The number of hydrogen-bond acceptors (Lipinski definition) is 4. The van der Waals surface area contributed by atoms with Crippen molar-refractivity contribution >= 4 is 35.8 Å². The van der Waals surface area contributed by atoms with Crippen molar-refractivity contribution in [2.24, 2.45) is 4.99 Å². The van der Waals surface area contributed by atoms with Crippen molar-refractivity contribution in [2.75, 3.05) is 52.9 Å². The van der Waals surface area contributed by atoms with Gasteiger partial charge in [-0.2, -0.15) is 13.2 Å². The Balaban J connectivity index is 0.00000280. The molecule has 1 aromatic rings. The Morgan fingerprint density at radius 2 is 1.93 bits per heavy atom. The van der Waals surface area contributed by atoms with Gasteiger partial charge in [0.1, 0.15) is 0 Å². The molecule has 1 atom stereocenters. The molecule has 158 valence electrons. The zero-order valence-corrected chi connectivity index (χ0v) is 17.9. The number of aliphatic imine (C=N–C) groups is 1. The number of furan rings is 1. The molecule has 28 heavy (non-hydrogen) atoms. The molecule has 0 radical (unpaired) electrons. The van der Waals surface area contributed by atoms with Gasteiger partial charge >= 0.3 is 6.18 Å². The molecule has 7 nitrogen and oxygen atoms in total. The first-order valence-electron chi connectivity index (χ1n) is 8.96. The van der Waals surface area contributed by atoms with E-state index in [0.717, 1.165) is 0 Å². The first-order chi connectivity index (χ1) is 12.9. The molecule has 0 saturated carbocycles. The number of amides is 1. The van der Waals surface area contributed by atoms with Crippen LogP contribution in [0.15, 0.2) is 27.8 Å². The minimum Gasteiger partial charge on any atom is -0.459 e. The van der Waals surface area contributed by atoms with Gasteiger partial charge in [-0.15, -0.1) is 24.0 Å². The second-order valence-corrected chi connectivity index (χ2v) is 6.78. The molecule has 0 spiro atoms. The third kappa shape index (κ3) is 6.00. The van der Waals surface area contributed by atoms with Crippen LogP contribution in [-0.2, 0) is 0 Å². The van der Waals surface area contributed by atoms with Gasteiger partial charge in [0.15, 0.2) is 11.7 Å². The number of likely N-dealkylation sites (tertiary alicyclic amines) is 1. The second kappa shape index (κ2) is 9.81. The van der Waals surface area contributed by atoms with E-state index in [1.165, 1.54) is 11.2 Å². The molecule has 1 amide bonds. The lowest BCUT2D eigenvalue weighted by molar-refractivity contribution is -0.143. The van der Waals surface area contributed by atoms with Gasteiger partial charge in [0.2, 0.25) is 0 Å². The summed E-state index contributed by atoms with van der Waals surface area (Å²) >= 11 is 0. The quantitative estimate of drug-likeness (QED) is 0.379. The standard InChI is InChI=1S/C17H24F3N5O2.HI/c1-21-16(22-13-4-5-23(11-13)12-17(18,19)20)25-8-6-24(7-9-25)15(26)14-3-2-10-27-14;/h2-3,10,13H,4-9,11-12H2,1H3,(H,21,22);1H. The Hall–Kier alpha value is -1.50. The fourth-order valence-electron chi connectivity index (χ4n) is 3.50. The van der Waals surface area contributed by atoms with Crippen molar-refractivity contribution in [3.63, 3.8) is 0 Å². The van der Waals surface area contributed by atoms with E-state index in [2.05, 4.69) is 10.3 Å². The van der Waals surface area contributed by atoms with Gasteiger partial charge in [-0.3, -0.25) is 14.7 Å². The molecular formula is C17H25F3IN5O2. The van der Waals surface area contributed by atoms with E-state index in [1.54, 1.807) is 24.1 Å². The van der Waals surface area contributed by atoms with Crippen LogP contribution in [0.5, 0.6) is 0 Å². The van der Waals surface area contributed by atoms with Crippen LogP contribution in [0, 0.1) is 0 Å². The summed E-state index contributed by atoms with van der Waals surface area (Å²) < 4.78 is 42.7. The van der Waals surface area contributed by atoms with Crippen LogP contribution in [0.4, 0.5) is 13.2 Å². The lowest BCUT2D eigenvalue weighted by Gasteiger charge is -2.37. The lowest BCUT2D eigenvalue weighted by Crippen LogP contribution is -2.55. The van der Waals surface area contributed by atoms with E-state index in [1.807, 2.05) is 4.90 Å². The van der Waals surface area contributed by atoms with Crippen molar-refractivity contribution in [1.82, 2.24) is 20.0 Å². The van der Waals surface area contributed by atoms with E-state index in [4.69, 9.17) is 4.42 Å². The van der Waals surface area contributed by atoms with Crippen molar-refractivity contribution in [3.8, 4) is 0 Å². The summed E-state index contributed by atoms with van der Waals surface area (Å²) in [5.41, 5.74) is 0. The van der Waals surface area contributed by atoms with Crippen LogP contribution in [-0.4, -0.2) is 91.6 Å². The van der Waals surface area contributed by atoms with Crippen LogP contribution < -0.4 is 5.32 Å². The van der Waals surface area contributed by atoms with Gasteiger partial charge in [0, 0.05) is 52.4 Å². The Morgan fingerprint density at radius 1 is 1.25 bits per heavy atom. The molecule has 11 heteroatoms. The molecule has 3 heterocycles. The number of guanidine groups is 1. The van der Waals surface area contributed by atoms with Gasteiger partial charge in [-0.25, -0.2) is 0 Å². The molecular weight excluding hydrogens is 490 g/mol. The molecule has 2 saturated heterocycles. The maximum absolute atomic E-state index is 12.5. The Morgan fingerprint density at radius 3 is 2.50 bits per heavy atom. The number of piperazine rings is 1. The first kappa shape index (κ1) is 22.8. The van der Waals surface area contributed by atoms with Crippen LogP contribution in [0.3, 0.4) is 0 Å². The highest BCUT2D eigenvalue weighted by atomic mass is 127. The highest BCUT2D eigenvalue weighted by Gasteiger charge is 2.35. The van der Waals surface area contributed by atoms with Crippen LogP contribution in [0.2, 0.25) is 0 Å². The average molecular weight is 515 g/mol. The normalized spacial score (nSPS) is 21.6. The fourth-order valence-corrected chi connectivity index (χ4v) is 3.50. The predicted molar refractivity (Wildman–Crippen MR) is 109 cm³/mol. The van der Waals surface area contributed by atoms with Crippen molar-refractivity contribution in [2.45, 2.75) is 18.6 Å². The van der Waals surface area contributed by atoms with Crippen molar-refractivity contribution in [3.05, 3.63) is 24.2 Å². The Kier molecular flexibility index (Phi) is 7.98. The number of nitrogens with one attached hydrogen (secondary N) is 1. The molecule has 2 fully saturated rings. The first-order valence-corrected chi connectivity index (χ1v) is 8.96. The Labute approximate surface area is 178 Å². The number of hydrogen-bond donors (Lipinski definition) is 1. The highest BCUT2D eigenvalue weighted by molar-refractivity contribution is 14.0. The SMILES string of the molecule is CN=C(NC1CCN(CC(F)(F)F)C1)N1CCN(C(=O)c2ccco2)CC1.I. The van der Waals surface area contributed by atoms with Crippen LogP contribution >= 0.6 is 24.0 Å². The lowest BCUT2D eigenvalue weighted by atomic mass is 10.2. The number of halogens is 4. The maximum Gasteiger partial charge on any atom is 0.401 e. The van der Waals surface area contributed by atoms with Gasteiger partial charge < -0.3 is 19.5 Å². The fraction of sp³-hybridized carbons (Fsp3) is 0.647. The van der Waals surface area contributed by atoms with Crippen molar-refractivity contribution < 1.29 is 22.4 Å². The number of nitrogens with zero attached hydrogens (tertiary/aromatic N) is 4. The zero-order valence-electron chi connectivity index (χ0n) is 15.6. The number of carbonyl (C=O) groups excluding carboxylic acids is 1. The monoisotopic (exact) mass is 515 g/mol. The molecule has 0 aliphatic carbocycles. The molecule has 2 aliphatic rings. The average Bonchev–Trinajstić information content (AvgIpc) is 3.30. The third-order valence-corrected chi connectivity index (χ3v) is 4.82. The minimum absolute atomic E-state index is 0. The van der Waals surface area contributed by atoms with Gasteiger partial charge in [-0.1, -0.05) is 0 Å². The zero-order chi connectivity index (χ0) is 19.4. The summed E-state index contributed by atoms with van der Waals surface area (Å²) in [5.74, 6) is 0.849. The summed E-state index contributed by atoms with van der Waals surface area (Å²) in [6.45, 7) is 2.15. The summed E-state index contributed by atoms with van der Waals surface area (Å²) in [7, 11) is 1.66. The van der Waals surface area contributed by atoms with Gasteiger partial charge in [0.25, 0.3) is 5.91 Å². The van der Waals surface area contributed by atoms with Crippen molar-refractivity contribution in [1.29, 1.82) is 0 Å². The van der Waals surface area contributed by atoms with Crippen LogP contribution in [0.1, 0.15) is 17.0 Å².